The van der Waals surface area contributed by atoms with Gasteiger partial charge in [-0.15, -0.1) is 0 Å². The van der Waals surface area contributed by atoms with E-state index in [9.17, 15) is 31.1 Å². The number of halogens is 6. The first-order chi connectivity index (χ1) is 17.3. The number of alkyl halides is 6. The second kappa shape index (κ2) is 11.2. The van der Waals surface area contributed by atoms with Crippen LogP contribution in [0.3, 0.4) is 0 Å². The zero-order chi connectivity index (χ0) is 27.2. The number of hydrogen-bond acceptors (Lipinski definition) is 6. The molecule has 0 atom stereocenters. The summed E-state index contributed by atoms with van der Waals surface area (Å²) in [7, 11) is 1.56. The van der Waals surface area contributed by atoms with Crippen molar-refractivity contribution < 1.29 is 35.9 Å². The topological polar surface area (TPSA) is 100 Å². The van der Waals surface area contributed by atoms with Crippen molar-refractivity contribution in [1.29, 1.82) is 0 Å². The van der Waals surface area contributed by atoms with E-state index in [2.05, 4.69) is 25.9 Å². The van der Waals surface area contributed by atoms with E-state index in [1.54, 1.807) is 44.4 Å². The third-order valence-corrected chi connectivity index (χ3v) is 4.76. The van der Waals surface area contributed by atoms with Crippen LogP contribution < -0.4 is 26.0 Å². The van der Waals surface area contributed by atoms with E-state index in [0.717, 1.165) is 5.69 Å². The summed E-state index contributed by atoms with van der Waals surface area (Å²) in [4.78, 5) is 20.6. The highest BCUT2D eigenvalue weighted by atomic mass is 19.4. The van der Waals surface area contributed by atoms with E-state index in [-0.39, 0.29) is 25.1 Å². The molecule has 0 saturated heterocycles. The lowest BCUT2D eigenvalue weighted by Gasteiger charge is -2.15. The summed E-state index contributed by atoms with van der Waals surface area (Å²) in [5, 5.41) is 10.3. The van der Waals surface area contributed by atoms with Crippen molar-refractivity contribution in [2.24, 2.45) is 0 Å². The lowest BCUT2D eigenvalue weighted by molar-refractivity contribution is -0.143. The number of carbonyl (C=O) groups excluding carboxylic acids is 1. The van der Waals surface area contributed by atoms with Crippen LogP contribution in [-0.4, -0.2) is 36.2 Å². The Labute approximate surface area is 207 Å². The highest BCUT2D eigenvalue weighted by Crippen LogP contribution is 2.37. The molecule has 14 heteroatoms. The predicted octanol–water partition coefficient (Wildman–Crippen LogP) is 5.81. The Morgan fingerprint density at radius 3 is 2.05 bits per heavy atom. The van der Waals surface area contributed by atoms with E-state index < -0.39 is 35.2 Å². The number of amides is 2. The van der Waals surface area contributed by atoms with Crippen molar-refractivity contribution >= 4 is 29.2 Å². The Morgan fingerprint density at radius 1 is 0.865 bits per heavy atom. The van der Waals surface area contributed by atoms with Gasteiger partial charge in [0.2, 0.25) is 5.95 Å². The molecule has 2 aromatic carbocycles. The monoisotopic (exact) mass is 528 g/mol. The number of hydrogen-bond donors (Lipinski definition) is 4. The van der Waals surface area contributed by atoms with Crippen molar-refractivity contribution in [3.05, 3.63) is 65.4 Å². The second-order valence-corrected chi connectivity index (χ2v) is 7.67. The maximum atomic E-state index is 13.0. The first-order valence-electron chi connectivity index (χ1n) is 10.7. The van der Waals surface area contributed by atoms with Crippen LogP contribution in [0.1, 0.15) is 16.8 Å². The molecule has 1 aromatic heterocycles. The summed E-state index contributed by atoms with van der Waals surface area (Å²) in [5.41, 5.74) is -2.32. The van der Waals surface area contributed by atoms with E-state index in [1.807, 2.05) is 5.32 Å². The second-order valence-electron chi connectivity index (χ2n) is 7.67. The number of aryl methyl sites for hydroxylation is 1. The fraction of sp³-hybridized carbons (Fsp3) is 0.261. The smallest absolute Gasteiger partial charge is 0.416 e. The third kappa shape index (κ3) is 8.15. The fourth-order valence-electron chi connectivity index (χ4n) is 3.09. The molecule has 4 N–H and O–H groups in total. The lowest BCUT2D eigenvalue weighted by Crippen LogP contribution is -2.33. The molecular weight excluding hydrogens is 506 g/mol. The Morgan fingerprint density at radius 2 is 1.49 bits per heavy atom. The highest BCUT2D eigenvalue weighted by molar-refractivity contribution is 5.89. The van der Waals surface area contributed by atoms with Crippen molar-refractivity contribution in [2.45, 2.75) is 19.3 Å². The number of benzene rings is 2. The van der Waals surface area contributed by atoms with Crippen molar-refractivity contribution in [3.8, 4) is 5.75 Å². The third-order valence-electron chi connectivity index (χ3n) is 4.76. The first-order valence-corrected chi connectivity index (χ1v) is 10.7. The minimum absolute atomic E-state index is 0.0212. The number of methoxy groups -OCH3 is 1. The number of aromatic nitrogens is 2. The summed E-state index contributed by atoms with van der Waals surface area (Å²) in [6.07, 6.45) is -10.0. The largest absolute Gasteiger partial charge is 0.497 e. The van der Waals surface area contributed by atoms with Gasteiger partial charge in [0.05, 0.1) is 18.2 Å². The molecule has 8 nitrogen and oxygen atoms in total. The predicted molar refractivity (Wildman–Crippen MR) is 125 cm³/mol. The summed E-state index contributed by atoms with van der Waals surface area (Å²) < 4.78 is 82.9. The van der Waals surface area contributed by atoms with Gasteiger partial charge >= 0.3 is 18.4 Å². The molecule has 0 saturated carbocycles. The average molecular weight is 528 g/mol. The summed E-state index contributed by atoms with van der Waals surface area (Å²) >= 11 is 0. The van der Waals surface area contributed by atoms with Gasteiger partial charge in [0.1, 0.15) is 11.6 Å². The molecule has 0 radical (unpaired) electrons. The van der Waals surface area contributed by atoms with Crippen molar-refractivity contribution in [1.82, 2.24) is 15.3 Å². The molecule has 0 aliphatic carbocycles. The molecule has 198 valence electrons. The zero-order valence-corrected chi connectivity index (χ0v) is 19.5. The number of rotatable bonds is 8. The molecule has 0 unspecified atom stereocenters. The molecule has 0 aliphatic heterocycles. The lowest BCUT2D eigenvalue weighted by atomic mass is 10.1. The summed E-state index contributed by atoms with van der Waals surface area (Å²) in [6, 6.07) is 8.70. The molecule has 3 rings (SSSR count). The molecule has 0 spiro atoms. The van der Waals surface area contributed by atoms with Crippen LogP contribution >= 0.6 is 0 Å². The molecule has 0 bridgehead atoms. The van der Waals surface area contributed by atoms with Gasteiger partial charge < -0.3 is 26.0 Å². The van der Waals surface area contributed by atoms with Gasteiger partial charge in [-0.3, -0.25) is 0 Å². The maximum absolute atomic E-state index is 13.0. The Kier molecular flexibility index (Phi) is 8.30. The fourth-order valence-corrected chi connectivity index (χ4v) is 3.09. The Hall–Kier alpha value is -4.23. The Bertz CT molecular complexity index is 1200. The molecule has 0 aliphatic rings. The molecule has 1 heterocycles. The number of urea groups is 1. The first kappa shape index (κ1) is 27.4. The van der Waals surface area contributed by atoms with Crippen LogP contribution in [-0.2, 0) is 12.4 Å². The average Bonchev–Trinajstić information content (AvgIpc) is 2.81. The zero-order valence-electron chi connectivity index (χ0n) is 19.5. The van der Waals surface area contributed by atoms with Crippen LogP contribution in [0.2, 0.25) is 0 Å². The van der Waals surface area contributed by atoms with Crippen LogP contribution in [0.25, 0.3) is 0 Å². The SMILES string of the molecule is COc1ccc(Nc2cc(C)nc(NCCNC(=O)Nc3cc(C(F)(F)F)cc(C(F)(F)F)c3)n2)cc1. The molecule has 3 aromatic rings. The highest BCUT2D eigenvalue weighted by Gasteiger charge is 2.37. The van der Waals surface area contributed by atoms with Gasteiger partial charge in [0, 0.05) is 36.2 Å². The molecular formula is C23H22F6N6O2. The summed E-state index contributed by atoms with van der Waals surface area (Å²) in [5.74, 6) is 1.43. The quantitative estimate of drug-likeness (QED) is 0.218. The molecule has 0 fully saturated rings. The van der Waals surface area contributed by atoms with Crippen LogP contribution in [0.15, 0.2) is 48.5 Å². The number of anilines is 4. The normalized spacial score (nSPS) is 11.6. The Balaban J connectivity index is 1.55. The molecule has 2 amide bonds. The van der Waals surface area contributed by atoms with Gasteiger partial charge in [0.25, 0.3) is 0 Å². The van der Waals surface area contributed by atoms with Crippen molar-refractivity contribution in [3.63, 3.8) is 0 Å². The van der Waals surface area contributed by atoms with E-state index in [1.165, 1.54) is 0 Å². The van der Waals surface area contributed by atoms with Crippen LogP contribution in [0.4, 0.5) is 54.3 Å². The minimum atomic E-state index is -5.02. The molecule has 37 heavy (non-hydrogen) atoms. The minimum Gasteiger partial charge on any atom is -0.497 e. The van der Waals surface area contributed by atoms with Crippen LogP contribution in [0, 0.1) is 6.92 Å². The van der Waals surface area contributed by atoms with Gasteiger partial charge in [-0.05, 0) is 49.4 Å². The standard InChI is InChI=1S/C23H22F6N6O2/c1-13-9-19(33-16-3-5-18(37-2)6-4-16)35-20(32-13)30-7-8-31-21(36)34-17-11-14(22(24,25)26)10-15(12-17)23(27,28)29/h3-6,9-12H,7-8H2,1-2H3,(H2,31,34,36)(H2,30,32,33,35). The van der Waals surface area contributed by atoms with Gasteiger partial charge in [-0.2, -0.15) is 31.3 Å². The van der Waals surface area contributed by atoms with Gasteiger partial charge in [0.15, 0.2) is 0 Å². The summed E-state index contributed by atoms with van der Waals surface area (Å²) in [6.45, 7) is 1.84. The number of carbonyl (C=O) groups is 1. The van der Waals surface area contributed by atoms with Crippen LogP contribution in [0.5, 0.6) is 5.75 Å². The number of nitrogens with zero attached hydrogens (tertiary/aromatic N) is 2. The van der Waals surface area contributed by atoms with Crippen molar-refractivity contribution in [2.75, 3.05) is 36.1 Å². The number of ether oxygens (including phenoxy) is 1. The van der Waals surface area contributed by atoms with E-state index in [4.69, 9.17) is 4.74 Å². The maximum Gasteiger partial charge on any atom is 0.416 e. The van der Waals surface area contributed by atoms with E-state index >= 15 is 0 Å². The number of nitrogens with one attached hydrogen (secondary N) is 4. The van der Waals surface area contributed by atoms with Gasteiger partial charge in [-0.25, -0.2) is 9.78 Å². The van der Waals surface area contributed by atoms with Gasteiger partial charge in [-0.1, -0.05) is 0 Å². The van der Waals surface area contributed by atoms with E-state index in [0.29, 0.717) is 29.4 Å².